The summed E-state index contributed by atoms with van der Waals surface area (Å²) >= 11 is 5.93. The number of aliphatic hydroxyl groups is 1. The van der Waals surface area contributed by atoms with Gasteiger partial charge in [-0.1, -0.05) is 23.7 Å². The van der Waals surface area contributed by atoms with Crippen LogP contribution in [0.2, 0.25) is 5.02 Å². The first-order chi connectivity index (χ1) is 10.3. The van der Waals surface area contributed by atoms with E-state index in [1.54, 1.807) is 10.9 Å². The van der Waals surface area contributed by atoms with Gasteiger partial charge in [-0.25, -0.2) is 9.97 Å². The van der Waals surface area contributed by atoms with E-state index in [0.29, 0.717) is 11.6 Å². The highest BCUT2D eigenvalue weighted by atomic mass is 35.5. The maximum absolute atomic E-state index is 9.09. The Morgan fingerprint density at radius 1 is 1.14 bits per heavy atom. The van der Waals surface area contributed by atoms with Crippen LogP contribution in [0, 0.1) is 0 Å². The molecule has 5 nitrogen and oxygen atoms in total. The second kappa shape index (κ2) is 6.03. The van der Waals surface area contributed by atoms with Crippen LogP contribution >= 0.6 is 11.6 Å². The third-order valence-corrected chi connectivity index (χ3v) is 3.32. The fourth-order valence-corrected chi connectivity index (χ4v) is 2.22. The first-order valence-corrected chi connectivity index (χ1v) is 6.86. The van der Waals surface area contributed by atoms with Gasteiger partial charge in [-0.05, 0) is 18.2 Å². The Kier molecular flexibility index (Phi) is 3.94. The lowest BCUT2D eigenvalue weighted by Crippen LogP contribution is -2.02. The van der Waals surface area contributed by atoms with Gasteiger partial charge in [0.25, 0.3) is 0 Å². The van der Waals surface area contributed by atoms with E-state index in [-0.39, 0.29) is 6.61 Å². The predicted octanol–water partition coefficient (Wildman–Crippen LogP) is 2.65. The molecule has 1 N–H and O–H groups in total. The lowest BCUT2D eigenvalue weighted by atomic mass is 10.1. The molecule has 0 spiro atoms. The molecule has 0 saturated carbocycles. The molecule has 3 rings (SSSR count). The van der Waals surface area contributed by atoms with Crippen LogP contribution in [0.15, 0.2) is 49.1 Å². The van der Waals surface area contributed by atoms with Gasteiger partial charge in [0.2, 0.25) is 0 Å². The summed E-state index contributed by atoms with van der Waals surface area (Å²) in [5.41, 5.74) is 3.44. The minimum Gasteiger partial charge on any atom is -0.394 e. The molecule has 0 aliphatic rings. The summed E-state index contributed by atoms with van der Waals surface area (Å²) in [5.74, 6) is 0. The van der Waals surface area contributed by atoms with Crippen molar-refractivity contribution in [1.29, 1.82) is 0 Å². The van der Waals surface area contributed by atoms with Crippen molar-refractivity contribution in [3.63, 3.8) is 0 Å². The van der Waals surface area contributed by atoms with Crippen molar-refractivity contribution in [3.8, 4) is 22.5 Å². The molecule has 0 fully saturated rings. The second-order valence-corrected chi connectivity index (χ2v) is 4.92. The molecule has 0 unspecified atom stereocenters. The van der Waals surface area contributed by atoms with Crippen molar-refractivity contribution < 1.29 is 5.11 Å². The van der Waals surface area contributed by atoms with Crippen molar-refractivity contribution in [2.75, 3.05) is 6.61 Å². The summed E-state index contributed by atoms with van der Waals surface area (Å²) in [6.45, 7) is 0.469. The van der Waals surface area contributed by atoms with Crippen LogP contribution in [0.1, 0.15) is 0 Å². The van der Waals surface area contributed by atoms with Gasteiger partial charge in [-0.2, -0.15) is 5.10 Å². The smallest absolute Gasteiger partial charge is 0.116 e. The molecule has 3 aromatic rings. The molecule has 21 heavy (non-hydrogen) atoms. The van der Waals surface area contributed by atoms with Gasteiger partial charge in [0.15, 0.2) is 0 Å². The van der Waals surface area contributed by atoms with Crippen molar-refractivity contribution in [2.45, 2.75) is 6.54 Å². The summed E-state index contributed by atoms with van der Waals surface area (Å²) < 4.78 is 1.71. The number of benzene rings is 1. The zero-order valence-corrected chi connectivity index (χ0v) is 11.9. The molecule has 0 radical (unpaired) electrons. The first kappa shape index (κ1) is 13.7. The number of hydrogen-bond donors (Lipinski definition) is 1. The Hall–Kier alpha value is -2.24. The van der Waals surface area contributed by atoms with Gasteiger partial charge < -0.3 is 5.11 Å². The van der Waals surface area contributed by atoms with Crippen LogP contribution in [-0.2, 0) is 6.54 Å². The average molecular weight is 301 g/mol. The number of hydrogen-bond acceptors (Lipinski definition) is 4. The van der Waals surface area contributed by atoms with Crippen LogP contribution in [0.3, 0.4) is 0 Å². The minimum atomic E-state index is 0.0327. The van der Waals surface area contributed by atoms with Gasteiger partial charge in [0.05, 0.1) is 18.8 Å². The van der Waals surface area contributed by atoms with Crippen molar-refractivity contribution in [3.05, 3.63) is 54.1 Å². The highest BCUT2D eigenvalue weighted by Gasteiger charge is 2.14. The fraction of sp³-hybridized carbons (Fsp3) is 0.133. The summed E-state index contributed by atoms with van der Waals surface area (Å²) in [7, 11) is 0. The topological polar surface area (TPSA) is 63.8 Å². The number of rotatable bonds is 4. The van der Waals surface area contributed by atoms with Crippen LogP contribution in [-0.4, -0.2) is 31.5 Å². The lowest BCUT2D eigenvalue weighted by molar-refractivity contribution is 0.269. The van der Waals surface area contributed by atoms with Crippen molar-refractivity contribution >= 4 is 11.6 Å². The Labute approximate surface area is 126 Å². The minimum absolute atomic E-state index is 0.0327. The standard InChI is InChI=1S/C15H13ClN4O/c16-12-3-1-11(2-4-12)15-13(9-20(19-15)7-8-21)14-5-6-17-10-18-14/h1-6,9-10,21H,7-8H2. The van der Waals surface area contributed by atoms with E-state index >= 15 is 0 Å². The number of aromatic nitrogens is 4. The van der Waals surface area contributed by atoms with E-state index in [2.05, 4.69) is 15.1 Å². The molecule has 0 bridgehead atoms. The van der Waals surface area contributed by atoms with Gasteiger partial charge in [-0.3, -0.25) is 4.68 Å². The van der Waals surface area contributed by atoms with E-state index in [1.807, 2.05) is 36.5 Å². The van der Waals surface area contributed by atoms with Crippen molar-refractivity contribution in [1.82, 2.24) is 19.7 Å². The number of aliphatic hydroxyl groups excluding tert-OH is 1. The highest BCUT2D eigenvalue weighted by Crippen LogP contribution is 2.30. The lowest BCUT2D eigenvalue weighted by Gasteiger charge is -2.01. The normalized spacial score (nSPS) is 10.8. The van der Waals surface area contributed by atoms with E-state index in [0.717, 1.165) is 22.5 Å². The zero-order chi connectivity index (χ0) is 14.7. The summed E-state index contributed by atoms with van der Waals surface area (Å²) in [6, 6.07) is 9.31. The largest absolute Gasteiger partial charge is 0.394 e. The molecular weight excluding hydrogens is 288 g/mol. The Morgan fingerprint density at radius 3 is 2.62 bits per heavy atom. The molecule has 106 valence electrons. The van der Waals surface area contributed by atoms with Gasteiger partial charge in [0, 0.05) is 28.5 Å². The van der Waals surface area contributed by atoms with Gasteiger partial charge >= 0.3 is 0 Å². The van der Waals surface area contributed by atoms with Crippen molar-refractivity contribution in [2.24, 2.45) is 0 Å². The van der Waals surface area contributed by atoms with Gasteiger partial charge in [0.1, 0.15) is 12.0 Å². The third kappa shape index (κ3) is 2.94. The molecule has 0 saturated heterocycles. The molecule has 2 heterocycles. The third-order valence-electron chi connectivity index (χ3n) is 3.07. The number of nitrogens with zero attached hydrogens (tertiary/aromatic N) is 4. The maximum Gasteiger partial charge on any atom is 0.116 e. The molecule has 6 heteroatoms. The summed E-state index contributed by atoms with van der Waals surface area (Å²) in [6.07, 6.45) is 5.07. The summed E-state index contributed by atoms with van der Waals surface area (Å²) in [5, 5.41) is 14.3. The molecule has 0 aliphatic heterocycles. The maximum atomic E-state index is 9.09. The van der Waals surface area contributed by atoms with Gasteiger partial charge in [-0.15, -0.1) is 0 Å². The van der Waals surface area contributed by atoms with E-state index in [1.165, 1.54) is 6.33 Å². The molecule has 1 aromatic carbocycles. The molecular formula is C15H13ClN4O. The first-order valence-electron chi connectivity index (χ1n) is 6.48. The highest BCUT2D eigenvalue weighted by molar-refractivity contribution is 6.30. The molecule has 0 atom stereocenters. The predicted molar refractivity (Wildman–Crippen MR) is 80.8 cm³/mol. The Balaban J connectivity index is 2.11. The van der Waals surface area contributed by atoms with E-state index in [4.69, 9.17) is 16.7 Å². The SMILES string of the molecule is OCCn1cc(-c2ccncn2)c(-c2ccc(Cl)cc2)n1. The van der Waals surface area contributed by atoms with E-state index in [9.17, 15) is 0 Å². The average Bonchev–Trinajstić information content (AvgIpc) is 2.93. The molecule has 0 aliphatic carbocycles. The monoisotopic (exact) mass is 300 g/mol. The quantitative estimate of drug-likeness (QED) is 0.804. The summed E-state index contributed by atoms with van der Waals surface area (Å²) in [4.78, 5) is 8.21. The second-order valence-electron chi connectivity index (χ2n) is 4.48. The molecule has 0 amide bonds. The van der Waals surface area contributed by atoms with Crippen LogP contribution in [0.25, 0.3) is 22.5 Å². The zero-order valence-electron chi connectivity index (χ0n) is 11.1. The van der Waals surface area contributed by atoms with E-state index < -0.39 is 0 Å². The Bertz CT molecular complexity index is 725. The molecule has 2 aromatic heterocycles. The van der Waals surface area contributed by atoms with Crippen LogP contribution in [0.4, 0.5) is 0 Å². The Morgan fingerprint density at radius 2 is 1.95 bits per heavy atom. The fourth-order valence-electron chi connectivity index (χ4n) is 2.10. The van der Waals surface area contributed by atoms with Crippen LogP contribution < -0.4 is 0 Å². The van der Waals surface area contributed by atoms with Crippen LogP contribution in [0.5, 0.6) is 0 Å². The number of halogens is 1.